The number of nitrogens with zero attached hydrogens (tertiary/aromatic N) is 1. The zero-order valence-electron chi connectivity index (χ0n) is 16.5. The fraction of sp³-hybridized carbons (Fsp3) is 0.115. The van der Waals surface area contributed by atoms with Gasteiger partial charge in [-0.1, -0.05) is 54.6 Å². The number of pyridine rings is 1. The molecule has 0 fully saturated rings. The number of thiophene rings is 1. The molecular weight excluding hydrogens is 374 g/mol. The number of rotatable bonds is 4. The second kappa shape index (κ2) is 7.34. The molecule has 0 aliphatic heterocycles. The van der Waals surface area contributed by atoms with Crippen LogP contribution in [-0.4, -0.2) is 4.98 Å². The molecule has 29 heavy (non-hydrogen) atoms. The summed E-state index contributed by atoms with van der Waals surface area (Å²) in [5, 5.41) is 2.37. The first kappa shape index (κ1) is 17.9. The highest BCUT2D eigenvalue weighted by Gasteiger charge is 2.14. The molecule has 0 spiro atoms. The lowest BCUT2D eigenvalue weighted by atomic mass is 10.1. The normalized spacial score (nSPS) is 11.2. The van der Waals surface area contributed by atoms with Crippen molar-refractivity contribution in [3.8, 4) is 16.3 Å². The van der Waals surface area contributed by atoms with Crippen LogP contribution in [0.25, 0.3) is 31.6 Å². The Balaban J connectivity index is 1.56. The van der Waals surface area contributed by atoms with Gasteiger partial charge in [0.2, 0.25) is 0 Å². The maximum absolute atomic E-state index is 6.14. The minimum Gasteiger partial charge on any atom is -0.488 e. The van der Waals surface area contributed by atoms with E-state index in [4.69, 9.17) is 9.72 Å². The lowest BCUT2D eigenvalue weighted by molar-refractivity contribution is 0.310. The maximum atomic E-state index is 6.14. The lowest BCUT2D eigenvalue weighted by Crippen LogP contribution is -1.97. The molecule has 0 amide bonds. The van der Waals surface area contributed by atoms with Crippen LogP contribution < -0.4 is 4.74 Å². The summed E-state index contributed by atoms with van der Waals surface area (Å²) < 4.78 is 7.44. The van der Waals surface area contributed by atoms with Crippen molar-refractivity contribution in [2.75, 3.05) is 0 Å². The molecule has 5 rings (SSSR count). The van der Waals surface area contributed by atoms with E-state index in [-0.39, 0.29) is 0 Å². The minimum absolute atomic E-state index is 0.552. The first-order valence-electron chi connectivity index (χ1n) is 9.76. The van der Waals surface area contributed by atoms with Crippen LogP contribution in [0.3, 0.4) is 0 Å². The van der Waals surface area contributed by atoms with Crippen molar-refractivity contribution in [1.29, 1.82) is 0 Å². The van der Waals surface area contributed by atoms with Crippen molar-refractivity contribution in [2.24, 2.45) is 0 Å². The monoisotopic (exact) mass is 395 g/mol. The van der Waals surface area contributed by atoms with Gasteiger partial charge in [0.25, 0.3) is 0 Å². The van der Waals surface area contributed by atoms with Crippen molar-refractivity contribution in [2.45, 2.75) is 20.5 Å². The molecule has 0 unspecified atom stereocenters. The second-order valence-electron chi connectivity index (χ2n) is 7.30. The van der Waals surface area contributed by atoms with Crippen LogP contribution in [0.1, 0.15) is 16.7 Å². The van der Waals surface area contributed by atoms with Gasteiger partial charge in [0.1, 0.15) is 12.4 Å². The zero-order valence-corrected chi connectivity index (χ0v) is 17.3. The summed E-state index contributed by atoms with van der Waals surface area (Å²) in [5.74, 6) is 0.876. The average Bonchev–Trinajstić information content (AvgIpc) is 3.11. The summed E-state index contributed by atoms with van der Waals surface area (Å²) in [6, 6.07) is 27.2. The van der Waals surface area contributed by atoms with E-state index in [9.17, 15) is 0 Å². The molecule has 0 saturated heterocycles. The van der Waals surface area contributed by atoms with E-state index in [0.717, 1.165) is 33.5 Å². The molecule has 0 atom stereocenters. The average molecular weight is 396 g/mol. The van der Waals surface area contributed by atoms with Crippen LogP contribution >= 0.6 is 11.3 Å². The summed E-state index contributed by atoms with van der Waals surface area (Å²) >= 11 is 1.81. The Kier molecular flexibility index (Phi) is 4.53. The molecule has 0 N–H and O–H groups in total. The van der Waals surface area contributed by atoms with Crippen molar-refractivity contribution in [3.05, 3.63) is 95.6 Å². The summed E-state index contributed by atoms with van der Waals surface area (Å²) in [5.41, 5.74) is 5.65. The van der Waals surface area contributed by atoms with Gasteiger partial charge >= 0.3 is 0 Å². The third-order valence-electron chi connectivity index (χ3n) is 5.33. The van der Waals surface area contributed by atoms with Crippen molar-refractivity contribution in [1.82, 2.24) is 4.98 Å². The van der Waals surface area contributed by atoms with Gasteiger partial charge in [-0.15, -0.1) is 11.3 Å². The third-order valence-corrected chi connectivity index (χ3v) is 6.63. The molecule has 0 radical (unpaired) electrons. The molecule has 0 aliphatic carbocycles. The van der Waals surface area contributed by atoms with E-state index in [1.165, 1.54) is 20.5 Å². The molecule has 2 heterocycles. The van der Waals surface area contributed by atoms with Crippen molar-refractivity contribution in [3.63, 3.8) is 0 Å². The number of hydrogen-bond donors (Lipinski definition) is 0. The Morgan fingerprint density at radius 3 is 2.41 bits per heavy atom. The molecular formula is C26H21NOS. The number of aromatic nitrogens is 1. The number of benzene rings is 3. The smallest absolute Gasteiger partial charge is 0.129 e. The predicted molar refractivity (Wildman–Crippen MR) is 123 cm³/mol. The Morgan fingerprint density at radius 1 is 0.793 bits per heavy atom. The molecule has 3 aromatic carbocycles. The molecule has 2 aromatic heterocycles. The Morgan fingerprint density at radius 2 is 1.59 bits per heavy atom. The fourth-order valence-electron chi connectivity index (χ4n) is 3.73. The van der Waals surface area contributed by atoms with Gasteiger partial charge in [0, 0.05) is 10.1 Å². The number of hydrogen-bond acceptors (Lipinski definition) is 3. The third kappa shape index (κ3) is 3.28. The quantitative estimate of drug-likeness (QED) is 0.318. The summed E-state index contributed by atoms with van der Waals surface area (Å²) in [6.07, 6.45) is 0. The summed E-state index contributed by atoms with van der Waals surface area (Å²) in [7, 11) is 0. The molecule has 0 saturated carbocycles. The topological polar surface area (TPSA) is 22.1 Å². The van der Waals surface area contributed by atoms with Crippen molar-refractivity contribution >= 4 is 32.3 Å². The maximum Gasteiger partial charge on any atom is 0.129 e. The largest absolute Gasteiger partial charge is 0.488 e. The van der Waals surface area contributed by atoms with Crippen LogP contribution in [0.15, 0.2) is 78.9 Å². The Bertz CT molecular complexity index is 1320. The molecule has 0 aliphatic rings. The van der Waals surface area contributed by atoms with Gasteiger partial charge in [-0.05, 0) is 60.2 Å². The van der Waals surface area contributed by atoms with Gasteiger partial charge in [-0.3, -0.25) is 0 Å². The van der Waals surface area contributed by atoms with Crippen LogP contribution in [0.4, 0.5) is 0 Å². The highest BCUT2D eigenvalue weighted by atomic mass is 32.1. The number of ether oxygens (including phenoxy) is 1. The first-order valence-corrected chi connectivity index (χ1v) is 10.6. The van der Waals surface area contributed by atoms with E-state index in [1.54, 1.807) is 0 Å². The molecule has 5 aromatic rings. The highest BCUT2D eigenvalue weighted by Crippen LogP contribution is 2.38. The van der Waals surface area contributed by atoms with Gasteiger partial charge < -0.3 is 4.74 Å². The number of aryl methyl sites for hydroxylation is 2. The first-order chi connectivity index (χ1) is 14.2. The molecule has 142 valence electrons. The SMILES string of the molecule is Cc1c(-c2ccc3c(OCc4ccccc4)ccc(C)c3n2)sc2ccccc12. The standard InChI is InChI=1S/C26H21NOS/c1-17-12-15-23(28-16-19-8-4-3-5-9-19)21-13-14-22(27-25(17)21)26-18(2)20-10-6-7-11-24(20)29-26/h3-15H,16H2,1-2H3. The van der Waals surface area contributed by atoms with E-state index in [2.05, 4.69) is 68.4 Å². The van der Waals surface area contributed by atoms with Gasteiger partial charge in [-0.2, -0.15) is 0 Å². The van der Waals surface area contributed by atoms with Crippen LogP contribution in [0, 0.1) is 13.8 Å². The van der Waals surface area contributed by atoms with Crippen LogP contribution in [-0.2, 0) is 6.61 Å². The summed E-state index contributed by atoms with van der Waals surface area (Å²) in [4.78, 5) is 6.29. The molecule has 2 nitrogen and oxygen atoms in total. The van der Waals surface area contributed by atoms with E-state index < -0.39 is 0 Å². The molecule has 0 bridgehead atoms. The van der Waals surface area contributed by atoms with Crippen LogP contribution in [0.5, 0.6) is 5.75 Å². The van der Waals surface area contributed by atoms with E-state index >= 15 is 0 Å². The Hall–Kier alpha value is -3.17. The van der Waals surface area contributed by atoms with Crippen LogP contribution in [0.2, 0.25) is 0 Å². The fourth-order valence-corrected chi connectivity index (χ4v) is 4.91. The van der Waals surface area contributed by atoms with E-state index in [0.29, 0.717) is 6.61 Å². The molecule has 3 heteroatoms. The number of fused-ring (bicyclic) bond motifs is 2. The van der Waals surface area contributed by atoms with Gasteiger partial charge in [0.15, 0.2) is 0 Å². The summed E-state index contributed by atoms with van der Waals surface area (Å²) in [6.45, 7) is 4.85. The van der Waals surface area contributed by atoms with Gasteiger partial charge in [0.05, 0.1) is 16.1 Å². The predicted octanol–water partition coefficient (Wildman–Crippen LogP) is 7.31. The van der Waals surface area contributed by atoms with Crippen molar-refractivity contribution < 1.29 is 4.74 Å². The van der Waals surface area contributed by atoms with Gasteiger partial charge in [-0.25, -0.2) is 4.98 Å². The lowest BCUT2D eigenvalue weighted by Gasteiger charge is -2.12. The van der Waals surface area contributed by atoms with E-state index in [1.807, 2.05) is 35.6 Å². The zero-order chi connectivity index (χ0) is 19.8. The minimum atomic E-state index is 0.552. The Labute approximate surface area is 174 Å². The second-order valence-corrected chi connectivity index (χ2v) is 8.35. The highest BCUT2D eigenvalue weighted by molar-refractivity contribution is 7.22.